The molecule has 0 saturated carbocycles. The summed E-state index contributed by atoms with van der Waals surface area (Å²) in [7, 11) is 0. The molecule has 2 rings (SSSR count). The zero-order valence-corrected chi connectivity index (χ0v) is 10.7. The molecule has 2 N–H and O–H groups in total. The normalized spacial score (nSPS) is 10.2. The van der Waals surface area contributed by atoms with Crippen molar-refractivity contribution in [3.05, 3.63) is 44.5 Å². The van der Waals surface area contributed by atoms with E-state index in [4.69, 9.17) is 5.11 Å². The summed E-state index contributed by atoms with van der Waals surface area (Å²) in [4.78, 5) is 24.7. The van der Waals surface area contributed by atoms with Gasteiger partial charge in [0, 0.05) is 11.4 Å². The van der Waals surface area contributed by atoms with Crippen molar-refractivity contribution in [2.75, 3.05) is 0 Å². The molecule has 0 radical (unpaired) electrons. The van der Waals surface area contributed by atoms with Crippen molar-refractivity contribution in [3.8, 4) is 11.3 Å². The van der Waals surface area contributed by atoms with Crippen molar-refractivity contribution >= 4 is 23.1 Å². The van der Waals surface area contributed by atoms with Crippen LogP contribution in [0.2, 0.25) is 0 Å². The van der Waals surface area contributed by atoms with Gasteiger partial charge in [-0.2, -0.15) is 0 Å². The summed E-state index contributed by atoms with van der Waals surface area (Å²) in [5.41, 5.74) is 0.0469. The van der Waals surface area contributed by atoms with Gasteiger partial charge in [0.2, 0.25) is 0 Å². The monoisotopic (exact) mass is 297 g/mol. The van der Waals surface area contributed by atoms with Crippen LogP contribution in [0, 0.1) is 15.9 Å². The molecule has 7 nitrogen and oxygen atoms in total. The van der Waals surface area contributed by atoms with E-state index in [2.05, 4.69) is 10.3 Å². The Balaban J connectivity index is 2.34. The number of halogens is 1. The maximum absolute atomic E-state index is 13.2. The summed E-state index contributed by atoms with van der Waals surface area (Å²) in [6, 6.07) is 3.10. The first kappa shape index (κ1) is 13.9. The van der Waals surface area contributed by atoms with Gasteiger partial charge in [-0.1, -0.05) is 0 Å². The van der Waals surface area contributed by atoms with E-state index in [9.17, 15) is 19.3 Å². The number of nitrogens with zero attached hydrogens (tertiary/aromatic N) is 2. The van der Waals surface area contributed by atoms with Gasteiger partial charge in [-0.3, -0.25) is 10.1 Å². The first-order valence-electron chi connectivity index (χ1n) is 5.33. The van der Waals surface area contributed by atoms with Crippen LogP contribution in [0.3, 0.4) is 0 Å². The van der Waals surface area contributed by atoms with E-state index in [0.717, 1.165) is 29.5 Å². The standard InChI is InChI=1S/C11H8FN3O4S/c12-6-1-2-9(15(18)19)7(3-6)8-5-20-10(14-8)4-13-11(16)17/h1-3,5,13H,4H2,(H,16,17). The van der Waals surface area contributed by atoms with Gasteiger partial charge >= 0.3 is 6.09 Å². The van der Waals surface area contributed by atoms with E-state index < -0.39 is 16.8 Å². The molecule has 1 heterocycles. The molecule has 104 valence electrons. The molecule has 0 saturated heterocycles. The van der Waals surface area contributed by atoms with Crippen LogP contribution in [-0.2, 0) is 6.54 Å². The highest BCUT2D eigenvalue weighted by atomic mass is 32.1. The van der Waals surface area contributed by atoms with E-state index in [-0.39, 0.29) is 23.5 Å². The Morgan fingerprint density at radius 3 is 2.95 bits per heavy atom. The van der Waals surface area contributed by atoms with Crippen LogP contribution in [-0.4, -0.2) is 21.1 Å². The second kappa shape index (κ2) is 5.61. The summed E-state index contributed by atoms with van der Waals surface area (Å²) in [5.74, 6) is -0.608. The van der Waals surface area contributed by atoms with Crippen molar-refractivity contribution in [2.45, 2.75) is 6.54 Å². The quantitative estimate of drug-likeness (QED) is 0.666. The lowest BCUT2D eigenvalue weighted by atomic mass is 10.1. The van der Waals surface area contributed by atoms with Crippen LogP contribution in [0.4, 0.5) is 14.9 Å². The molecule has 0 unspecified atom stereocenters. The van der Waals surface area contributed by atoms with E-state index in [1.807, 2.05) is 0 Å². The van der Waals surface area contributed by atoms with Crippen LogP contribution < -0.4 is 5.32 Å². The third kappa shape index (κ3) is 3.06. The topological polar surface area (TPSA) is 105 Å². The Morgan fingerprint density at radius 1 is 1.55 bits per heavy atom. The number of amides is 1. The molecule has 0 fully saturated rings. The van der Waals surface area contributed by atoms with Gasteiger partial charge in [0.1, 0.15) is 10.8 Å². The molecular formula is C11H8FN3O4S. The number of carbonyl (C=O) groups is 1. The predicted molar refractivity (Wildman–Crippen MR) is 69.0 cm³/mol. The van der Waals surface area contributed by atoms with Crippen molar-refractivity contribution in [1.29, 1.82) is 0 Å². The maximum Gasteiger partial charge on any atom is 0.405 e. The second-order valence-corrected chi connectivity index (χ2v) is 4.65. The number of hydrogen-bond donors (Lipinski definition) is 2. The number of nitro groups is 1. The SMILES string of the molecule is O=C(O)NCc1nc(-c2cc(F)ccc2[N+](=O)[O-])cs1. The van der Waals surface area contributed by atoms with Gasteiger partial charge in [-0.05, 0) is 12.1 Å². The van der Waals surface area contributed by atoms with Gasteiger partial charge in [0.05, 0.1) is 22.7 Å². The minimum atomic E-state index is -1.20. The highest BCUT2D eigenvalue weighted by Crippen LogP contribution is 2.31. The third-order valence-corrected chi connectivity index (χ3v) is 3.22. The highest BCUT2D eigenvalue weighted by Gasteiger charge is 2.18. The lowest BCUT2D eigenvalue weighted by molar-refractivity contribution is -0.384. The lowest BCUT2D eigenvalue weighted by Crippen LogP contribution is -2.19. The summed E-state index contributed by atoms with van der Waals surface area (Å²) < 4.78 is 13.2. The van der Waals surface area contributed by atoms with Gasteiger partial charge in [-0.25, -0.2) is 14.2 Å². The fourth-order valence-corrected chi connectivity index (χ4v) is 2.27. The van der Waals surface area contributed by atoms with E-state index in [1.165, 1.54) is 5.38 Å². The van der Waals surface area contributed by atoms with E-state index in [0.29, 0.717) is 5.01 Å². The van der Waals surface area contributed by atoms with Crippen LogP contribution in [0.1, 0.15) is 5.01 Å². The van der Waals surface area contributed by atoms with Crippen LogP contribution >= 0.6 is 11.3 Å². The molecule has 9 heteroatoms. The molecule has 1 aromatic heterocycles. The Kier molecular flexibility index (Phi) is 3.89. The van der Waals surface area contributed by atoms with Crippen molar-refractivity contribution in [2.24, 2.45) is 0 Å². The summed E-state index contributed by atoms with van der Waals surface area (Å²) >= 11 is 1.13. The predicted octanol–water partition coefficient (Wildman–Crippen LogP) is 2.63. The number of benzene rings is 1. The number of hydrogen-bond acceptors (Lipinski definition) is 5. The average Bonchev–Trinajstić information content (AvgIpc) is 2.84. The molecule has 0 aliphatic rings. The molecule has 0 bridgehead atoms. The average molecular weight is 297 g/mol. The first-order chi connectivity index (χ1) is 9.47. The number of aromatic nitrogens is 1. The number of carboxylic acid groups (broad SMARTS) is 1. The fraction of sp³-hybridized carbons (Fsp3) is 0.0909. The molecule has 20 heavy (non-hydrogen) atoms. The number of rotatable bonds is 4. The molecular weight excluding hydrogens is 289 g/mol. The Hall–Kier alpha value is -2.55. The summed E-state index contributed by atoms with van der Waals surface area (Å²) in [6.07, 6.45) is -1.20. The Morgan fingerprint density at radius 2 is 2.30 bits per heavy atom. The third-order valence-electron chi connectivity index (χ3n) is 2.37. The molecule has 0 spiro atoms. The fourth-order valence-electron chi connectivity index (χ4n) is 1.54. The van der Waals surface area contributed by atoms with Gasteiger partial charge in [-0.15, -0.1) is 11.3 Å². The van der Waals surface area contributed by atoms with Crippen LogP contribution in [0.5, 0.6) is 0 Å². The zero-order chi connectivity index (χ0) is 14.7. The van der Waals surface area contributed by atoms with E-state index >= 15 is 0 Å². The van der Waals surface area contributed by atoms with Gasteiger partial charge in [0.15, 0.2) is 0 Å². The molecule has 0 aliphatic carbocycles. The molecule has 1 aromatic carbocycles. The Labute approximate surface area is 115 Å². The summed E-state index contributed by atoms with van der Waals surface area (Å²) in [5, 5.41) is 23.5. The molecule has 1 amide bonds. The van der Waals surface area contributed by atoms with Gasteiger partial charge in [0.25, 0.3) is 5.69 Å². The molecule has 2 aromatic rings. The largest absolute Gasteiger partial charge is 0.465 e. The van der Waals surface area contributed by atoms with E-state index in [1.54, 1.807) is 0 Å². The van der Waals surface area contributed by atoms with Crippen LogP contribution in [0.15, 0.2) is 23.6 Å². The number of thiazole rings is 1. The first-order valence-corrected chi connectivity index (χ1v) is 6.21. The number of nitrogens with one attached hydrogen (secondary N) is 1. The summed E-state index contributed by atoms with van der Waals surface area (Å²) in [6.45, 7) is -0.0108. The zero-order valence-electron chi connectivity index (χ0n) is 9.87. The van der Waals surface area contributed by atoms with Crippen molar-refractivity contribution in [3.63, 3.8) is 0 Å². The van der Waals surface area contributed by atoms with Crippen molar-refractivity contribution in [1.82, 2.24) is 10.3 Å². The minimum Gasteiger partial charge on any atom is -0.465 e. The second-order valence-electron chi connectivity index (χ2n) is 3.70. The highest BCUT2D eigenvalue weighted by molar-refractivity contribution is 7.09. The number of nitro benzene ring substituents is 1. The molecule has 0 atom stereocenters. The van der Waals surface area contributed by atoms with Gasteiger partial charge < -0.3 is 10.4 Å². The smallest absolute Gasteiger partial charge is 0.405 e. The molecule has 0 aliphatic heterocycles. The van der Waals surface area contributed by atoms with Crippen molar-refractivity contribution < 1.29 is 19.2 Å². The Bertz CT molecular complexity index is 673. The minimum absolute atomic E-state index is 0.0108. The maximum atomic E-state index is 13.2. The van der Waals surface area contributed by atoms with Crippen LogP contribution in [0.25, 0.3) is 11.3 Å². The lowest BCUT2D eigenvalue weighted by Gasteiger charge is -2.00.